The van der Waals surface area contributed by atoms with E-state index in [2.05, 4.69) is 90.4 Å². The van der Waals surface area contributed by atoms with Crippen molar-refractivity contribution in [3.8, 4) is 34.4 Å². The van der Waals surface area contributed by atoms with Gasteiger partial charge >= 0.3 is 0 Å². The molecule has 0 unspecified atom stereocenters. The van der Waals surface area contributed by atoms with Crippen LogP contribution in [-0.2, 0) is 0 Å². The molecule has 0 fully saturated rings. The van der Waals surface area contributed by atoms with Crippen molar-refractivity contribution in [2.45, 2.75) is 19.6 Å². The zero-order valence-corrected chi connectivity index (χ0v) is 19.2. The second-order valence-electron chi connectivity index (χ2n) is 7.60. The predicted octanol–water partition coefficient (Wildman–Crippen LogP) is 5.62. The fourth-order valence-electron chi connectivity index (χ4n) is 2.66. The number of benzene rings is 3. The first-order chi connectivity index (χ1) is 14.0. The molecular formula is C27H24Si2. The molecule has 0 aliphatic carbocycles. The monoisotopic (exact) mass is 404 g/mol. The van der Waals surface area contributed by atoms with Crippen LogP contribution in [0.1, 0.15) is 16.7 Å². The highest BCUT2D eigenvalue weighted by atomic mass is 29.3. The maximum Gasteiger partial charge on any atom is 0.217 e. The molecule has 3 rings (SSSR count). The van der Waals surface area contributed by atoms with Gasteiger partial charge in [0.05, 0.1) is 0 Å². The van der Waals surface area contributed by atoms with E-state index in [9.17, 15) is 0 Å². The van der Waals surface area contributed by atoms with Crippen LogP contribution in [-0.4, -0.2) is 15.2 Å². The van der Waals surface area contributed by atoms with Crippen molar-refractivity contribution in [1.82, 2.24) is 0 Å². The first-order valence-electron chi connectivity index (χ1n) is 9.73. The lowest BCUT2D eigenvalue weighted by atomic mass is 10.2. The molecule has 0 N–H and O–H groups in total. The Balaban J connectivity index is 2.03. The average molecular weight is 405 g/mol. The van der Waals surface area contributed by atoms with E-state index in [0.29, 0.717) is 0 Å². The Bertz CT molecular complexity index is 1070. The lowest BCUT2D eigenvalue weighted by Gasteiger charge is -2.27. The molecule has 0 heterocycles. The van der Waals surface area contributed by atoms with Crippen molar-refractivity contribution >= 4 is 15.2 Å². The van der Waals surface area contributed by atoms with E-state index in [1.54, 1.807) is 0 Å². The van der Waals surface area contributed by atoms with Gasteiger partial charge in [0.1, 0.15) is 0 Å². The maximum atomic E-state index is 3.63. The van der Waals surface area contributed by atoms with Crippen LogP contribution >= 0.6 is 0 Å². The van der Waals surface area contributed by atoms with Gasteiger partial charge in [0, 0.05) is 16.7 Å². The second-order valence-corrected chi connectivity index (χ2v) is 20.6. The van der Waals surface area contributed by atoms with Crippen molar-refractivity contribution in [1.29, 1.82) is 0 Å². The lowest BCUT2D eigenvalue weighted by Crippen LogP contribution is -2.55. The van der Waals surface area contributed by atoms with Crippen LogP contribution < -0.4 is 0 Å². The van der Waals surface area contributed by atoms with Crippen molar-refractivity contribution in [3.05, 3.63) is 108 Å². The van der Waals surface area contributed by atoms with Gasteiger partial charge in [-0.25, -0.2) is 0 Å². The van der Waals surface area contributed by atoms with Crippen molar-refractivity contribution in [2.75, 3.05) is 0 Å². The molecule has 0 aliphatic rings. The Hall–Kier alpha value is -3.23. The van der Waals surface area contributed by atoms with E-state index < -0.39 is 15.2 Å². The SMILES string of the molecule is C[Si](C)(C#Cc1ccccc1)[Si](C)(C#Cc1ccccc1)C#Cc1ccccc1. The zero-order valence-electron chi connectivity index (χ0n) is 17.2. The third kappa shape index (κ3) is 5.63. The zero-order chi connectivity index (χ0) is 20.6. The Morgan fingerprint density at radius 1 is 0.448 bits per heavy atom. The van der Waals surface area contributed by atoms with Gasteiger partial charge in [-0.05, 0) is 42.9 Å². The molecule has 0 spiro atoms. The summed E-state index contributed by atoms with van der Waals surface area (Å²) in [6, 6.07) is 30.5. The van der Waals surface area contributed by atoms with Gasteiger partial charge in [-0.1, -0.05) is 85.5 Å². The quantitative estimate of drug-likeness (QED) is 0.364. The number of hydrogen-bond donors (Lipinski definition) is 0. The summed E-state index contributed by atoms with van der Waals surface area (Å²) in [6.07, 6.45) is 0. The second kappa shape index (κ2) is 9.31. The number of hydrogen-bond acceptors (Lipinski definition) is 0. The third-order valence-electron chi connectivity index (χ3n) is 5.00. The van der Waals surface area contributed by atoms with Crippen LogP contribution in [0.2, 0.25) is 19.6 Å². The summed E-state index contributed by atoms with van der Waals surface area (Å²) < 4.78 is 0. The van der Waals surface area contributed by atoms with Crippen LogP contribution in [0.15, 0.2) is 91.0 Å². The summed E-state index contributed by atoms with van der Waals surface area (Å²) in [5, 5.41) is 0. The van der Waals surface area contributed by atoms with Crippen LogP contribution in [0.25, 0.3) is 0 Å². The number of rotatable bonds is 1. The molecule has 0 aliphatic heterocycles. The summed E-state index contributed by atoms with van der Waals surface area (Å²) in [4.78, 5) is 0. The van der Waals surface area contributed by atoms with Gasteiger partial charge in [0.25, 0.3) is 0 Å². The molecule has 2 heteroatoms. The molecule has 0 saturated carbocycles. The highest BCUT2D eigenvalue weighted by Gasteiger charge is 2.43. The molecule has 0 atom stereocenters. The van der Waals surface area contributed by atoms with E-state index in [-0.39, 0.29) is 0 Å². The molecule has 0 nitrogen and oxygen atoms in total. The molecule has 0 bridgehead atoms. The van der Waals surface area contributed by atoms with Crippen LogP contribution in [0.5, 0.6) is 0 Å². The third-order valence-corrected chi connectivity index (χ3v) is 18.1. The first-order valence-corrected chi connectivity index (χ1v) is 16.2. The average Bonchev–Trinajstić information content (AvgIpc) is 2.77. The molecule has 0 radical (unpaired) electrons. The molecule has 140 valence electrons. The van der Waals surface area contributed by atoms with Crippen LogP contribution in [0.3, 0.4) is 0 Å². The maximum absolute atomic E-state index is 3.63. The summed E-state index contributed by atoms with van der Waals surface area (Å²) in [7, 11) is -4.27. The van der Waals surface area contributed by atoms with Gasteiger partial charge in [-0.15, -0.1) is 16.6 Å². The molecular weight excluding hydrogens is 380 g/mol. The van der Waals surface area contributed by atoms with Crippen molar-refractivity contribution in [3.63, 3.8) is 0 Å². The first kappa shape index (κ1) is 20.5. The van der Waals surface area contributed by atoms with Crippen LogP contribution in [0, 0.1) is 34.4 Å². The minimum absolute atomic E-state index is 1.04. The van der Waals surface area contributed by atoms with E-state index in [4.69, 9.17) is 0 Å². The highest BCUT2D eigenvalue weighted by Crippen LogP contribution is 2.18. The van der Waals surface area contributed by atoms with Gasteiger partial charge in [-0.3, -0.25) is 0 Å². The molecule has 0 saturated heterocycles. The predicted molar refractivity (Wildman–Crippen MR) is 129 cm³/mol. The van der Waals surface area contributed by atoms with Crippen LogP contribution in [0.4, 0.5) is 0 Å². The Kier molecular flexibility index (Phi) is 6.59. The molecule has 3 aromatic carbocycles. The fourth-order valence-corrected chi connectivity index (χ4v) is 8.03. The highest BCUT2D eigenvalue weighted by molar-refractivity contribution is 7.50. The summed E-state index contributed by atoms with van der Waals surface area (Å²) in [5.74, 6) is 10.2. The molecule has 3 aromatic rings. The lowest BCUT2D eigenvalue weighted by molar-refractivity contribution is 1.65. The minimum atomic E-state index is -2.25. The van der Waals surface area contributed by atoms with Gasteiger partial charge in [0.15, 0.2) is 7.59 Å². The van der Waals surface area contributed by atoms with Crippen molar-refractivity contribution in [2.24, 2.45) is 0 Å². The Labute approximate surface area is 176 Å². The van der Waals surface area contributed by atoms with Gasteiger partial charge < -0.3 is 0 Å². The Morgan fingerprint density at radius 3 is 1.10 bits per heavy atom. The normalized spacial score (nSPS) is 10.4. The summed E-state index contributed by atoms with van der Waals surface area (Å²) in [6.45, 7) is 6.91. The van der Waals surface area contributed by atoms with E-state index in [1.165, 1.54) is 0 Å². The Morgan fingerprint density at radius 2 is 0.759 bits per heavy atom. The van der Waals surface area contributed by atoms with E-state index >= 15 is 0 Å². The summed E-state index contributed by atoms with van der Waals surface area (Å²) in [5.41, 5.74) is 14.0. The molecule has 0 aromatic heterocycles. The summed E-state index contributed by atoms with van der Waals surface area (Å²) >= 11 is 0. The molecule has 29 heavy (non-hydrogen) atoms. The minimum Gasteiger partial charge on any atom is -0.127 e. The van der Waals surface area contributed by atoms with E-state index in [0.717, 1.165) is 16.7 Å². The topological polar surface area (TPSA) is 0 Å². The smallest absolute Gasteiger partial charge is 0.127 e. The fraction of sp³-hybridized carbons (Fsp3) is 0.111. The van der Waals surface area contributed by atoms with Gasteiger partial charge in [-0.2, -0.15) is 0 Å². The van der Waals surface area contributed by atoms with Gasteiger partial charge in [0.2, 0.25) is 7.59 Å². The van der Waals surface area contributed by atoms with Crippen molar-refractivity contribution < 1.29 is 0 Å². The van der Waals surface area contributed by atoms with E-state index in [1.807, 2.05) is 54.6 Å². The molecule has 0 amide bonds. The standard InChI is InChI=1S/C27H24Si2/c1-28(2,22-19-25-13-7-4-8-14-25)29(3,23-20-26-15-9-5-10-16-26)24-21-27-17-11-6-12-18-27/h4-18H,1-3H3. The largest absolute Gasteiger partial charge is 0.217 e.